The van der Waals surface area contributed by atoms with E-state index in [1.165, 1.54) is 18.2 Å². The molecule has 9 heteroatoms. The van der Waals surface area contributed by atoms with Crippen LogP contribution in [0, 0.1) is 22.9 Å². The summed E-state index contributed by atoms with van der Waals surface area (Å²) in [6.45, 7) is 0.275. The Balaban J connectivity index is 1.35. The van der Waals surface area contributed by atoms with Crippen molar-refractivity contribution >= 4 is 11.8 Å². The number of ketones is 1. The summed E-state index contributed by atoms with van der Waals surface area (Å²) >= 11 is 0. The number of Topliss-reactive ketones (excluding diaryl/α,β-unsaturated/α-hetero) is 1. The molecule has 33 heavy (non-hydrogen) atoms. The maximum atomic E-state index is 14.1. The van der Waals surface area contributed by atoms with Crippen LogP contribution in [0.15, 0.2) is 30.3 Å². The Morgan fingerprint density at radius 2 is 1.85 bits per heavy atom. The first-order chi connectivity index (χ1) is 15.8. The Morgan fingerprint density at radius 1 is 1.09 bits per heavy atom. The van der Waals surface area contributed by atoms with Crippen LogP contribution >= 0.6 is 0 Å². The third kappa shape index (κ3) is 4.98. The molecular weight excluding hydrogens is 437 g/mol. The van der Waals surface area contributed by atoms with Crippen LogP contribution in [0.2, 0.25) is 0 Å². The van der Waals surface area contributed by atoms with Crippen molar-refractivity contribution in [2.24, 2.45) is 5.41 Å². The smallest absolute Gasteiger partial charge is 0.317 e. The van der Waals surface area contributed by atoms with Gasteiger partial charge in [-0.1, -0.05) is 6.07 Å². The number of ether oxygens (including phenoxy) is 1. The van der Waals surface area contributed by atoms with Gasteiger partial charge in [0, 0.05) is 43.2 Å². The van der Waals surface area contributed by atoms with E-state index in [0.717, 1.165) is 5.56 Å². The van der Waals surface area contributed by atoms with E-state index >= 15 is 0 Å². The standard InChI is InChI=1S/C24H25F3N2O4/c25-17-2-1-15-12-24(13-21(31)18(15)10-17)3-5-29(6-4-24)23(32)28-14-16-9-22(33-8-7-30)20(27)11-19(16)26/h1-2,9-11,30H,3-8,12-14H2,(H,28,32). The summed E-state index contributed by atoms with van der Waals surface area (Å²) in [4.78, 5) is 26.8. The van der Waals surface area contributed by atoms with Gasteiger partial charge in [0.15, 0.2) is 17.3 Å². The molecule has 1 aliphatic heterocycles. The Hall–Kier alpha value is -3.07. The third-order valence-corrected chi connectivity index (χ3v) is 6.46. The lowest BCUT2D eigenvalue weighted by Gasteiger charge is -2.44. The lowest BCUT2D eigenvalue weighted by molar-refractivity contribution is 0.0735. The van der Waals surface area contributed by atoms with Gasteiger partial charge >= 0.3 is 6.03 Å². The fraction of sp³-hybridized carbons (Fsp3) is 0.417. The van der Waals surface area contributed by atoms with E-state index in [1.807, 2.05) is 0 Å². The van der Waals surface area contributed by atoms with Crippen LogP contribution in [0.25, 0.3) is 0 Å². The monoisotopic (exact) mass is 462 g/mol. The Labute approximate surface area is 189 Å². The fourth-order valence-corrected chi connectivity index (χ4v) is 4.66. The molecule has 176 valence electrons. The summed E-state index contributed by atoms with van der Waals surface area (Å²) in [6, 6.07) is 5.79. The molecule has 0 saturated carbocycles. The molecule has 2 N–H and O–H groups in total. The number of nitrogens with zero attached hydrogens (tertiary/aromatic N) is 1. The number of nitrogens with one attached hydrogen (secondary N) is 1. The number of halogens is 3. The summed E-state index contributed by atoms with van der Waals surface area (Å²) in [6.07, 6.45) is 2.26. The van der Waals surface area contributed by atoms with Crippen LogP contribution in [0.1, 0.15) is 40.7 Å². The van der Waals surface area contributed by atoms with E-state index < -0.39 is 17.5 Å². The van der Waals surface area contributed by atoms with Gasteiger partial charge in [0.05, 0.1) is 6.61 Å². The second-order valence-electron chi connectivity index (χ2n) is 8.67. The molecule has 0 atom stereocenters. The van der Waals surface area contributed by atoms with Crippen LogP contribution < -0.4 is 10.1 Å². The number of carbonyl (C=O) groups excluding carboxylic acids is 2. The van der Waals surface area contributed by atoms with Gasteiger partial charge in [-0.3, -0.25) is 4.79 Å². The van der Waals surface area contributed by atoms with Gasteiger partial charge in [0.25, 0.3) is 0 Å². The summed E-state index contributed by atoms with van der Waals surface area (Å²) in [5, 5.41) is 11.5. The van der Waals surface area contributed by atoms with Gasteiger partial charge in [0.2, 0.25) is 0 Å². The molecule has 4 rings (SSSR count). The minimum atomic E-state index is -0.885. The molecule has 2 aromatic carbocycles. The van der Waals surface area contributed by atoms with Crippen LogP contribution in [0.3, 0.4) is 0 Å². The molecule has 1 aliphatic carbocycles. The molecule has 2 amide bonds. The Kier molecular flexibility index (Phi) is 6.60. The van der Waals surface area contributed by atoms with E-state index in [0.29, 0.717) is 50.4 Å². The molecule has 6 nitrogen and oxygen atoms in total. The molecule has 2 aliphatic rings. The number of benzene rings is 2. The fourth-order valence-electron chi connectivity index (χ4n) is 4.66. The largest absolute Gasteiger partial charge is 0.488 e. The minimum Gasteiger partial charge on any atom is -0.488 e. The number of rotatable bonds is 5. The van der Waals surface area contributed by atoms with Crippen molar-refractivity contribution in [3.8, 4) is 5.75 Å². The average Bonchev–Trinajstić information content (AvgIpc) is 2.79. The van der Waals surface area contributed by atoms with Crippen molar-refractivity contribution in [3.63, 3.8) is 0 Å². The van der Waals surface area contributed by atoms with E-state index in [4.69, 9.17) is 9.84 Å². The number of carbonyl (C=O) groups is 2. The molecule has 1 fully saturated rings. The highest BCUT2D eigenvalue weighted by Gasteiger charge is 2.41. The van der Waals surface area contributed by atoms with Crippen LogP contribution in [0.5, 0.6) is 5.75 Å². The predicted octanol–water partition coefficient (Wildman–Crippen LogP) is 3.60. The highest BCUT2D eigenvalue weighted by atomic mass is 19.1. The third-order valence-electron chi connectivity index (χ3n) is 6.46. The number of hydrogen-bond acceptors (Lipinski definition) is 4. The molecule has 0 bridgehead atoms. The molecule has 1 spiro atoms. The number of hydrogen-bond donors (Lipinski definition) is 2. The van der Waals surface area contributed by atoms with Crippen molar-refractivity contribution in [1.29, 1.82) is 0 Å². The predicted molar refractivity (Wildman–Crippen MR) is 113 cm³/mol. The minimum absolute atomic E-state index is 0.0629. The first kappa shape index (κ1) is 23.1. The molecule has 0 aromatic heterocycles. The Bertz CT molecular complexity index is 1070. The van der Waals surface area contributed by atoms with Gasteiger partial charge in [-0.25, -0.2) is 18.0 Å². The van der Waals surface area contributed by atoms with Crippen LogP contribution in [-0.4, -0.2) is 48.1 Å². The van der Waals surface area contributed by atoms with E-state index in [1.54, 1.807) is 11.0 Å². The van der Waals surface area contributed by atoms with Crippen molar-refractivity contribution in [1.82, 2.24) is 10.2 Å². The van der Waals surface area contributed by atoms with Gasteiger partial charge in [-0.2, -0.15) is 0 Å². The van der Waals surface area contributed by atoms with Crippen molar-refractivity contribution in [3.05, 3.63) is 64.5 Å². The van der Waals surface area contributed by atoms with Gasteiger partial charge in [-0.05, 0) is 48.4 Å². The number of urea groups is 1. The maximum absolute atomic E-state index is 14.1. The van der Waals surface area contributed by atoms with E-state index in [-0.39, 0.29) is 48.3 Å². The summed E-state index contributed by atoms with van der Waals surface area (Å²) in [5.41, 5.74) is 1.11. The average molecular weight is 462 g/mol. The van der Waals surface area contributed by atoms with Crippen molar-refractivity contribution in [2.45, 2.75) is 32.2 Å². The number of aliphatic hydroxyl groups excluding tert-OH is 1. The van der Waals surface area contributed by atoms with Crippen molar-refractivity contribution < 1.29 is 32.6 Å². The summed E-state index contributed by atoms with van der Waals surface area (Å²) in [7, 11) is 0. The van der Waals surface area contributed by atoms with Crippen molar-refractivity contribution in [2.75, 3.05) is 26.3 Å². The molecule has 2 aromatic rings. The molecular formula is C24H25F3N2O4. The molecule has 0 unspecified atom stereocenters. The highest BCUT2D eigenvalue weighted by Crippen LogP contribution is 2.43. The SMILES string of the molecule is O=C1CC2(CCN(C(=O)NCc3cc(OCCO)c(F)cc3F)CC2)Cc2ccc(F)cc21. The van der Waals surface area contributed by atoms with E-state index in [9.17, 15) is 22.8 Å². The normalized spacial score (nSPS) is 17.1. The number of fused-ring (bicyclic) bond motifs is 1. The number of piperidine rings is 1. The van der Waals surface area contributed by atoms with Crippen LogP contribution in [-0.2, 0) is 13.0 Å². The Morgan fingerprint density at radius 3 is 2.58 bits per heavy atom. The summed E-state index contributed by atoms with van der Waals surface area (Å²) < 4.78 is 46.4. The van der Waals surface area contributed by atoms with Gasteiger partial charge in [0.1, 0.15) is 18.2 Å². The quantitative estimate of drug-likeness (QED) is 0.712. The zero-order chi connectivity index (χ0) is 23.6. The number of amides is 2. The first-order valence-electron chi connectivity index (χ1n) is 10.9. The summed E-state index contributed by atoms with van der Waals surface area (Å²) in [5.74, 6) is -2.38. The second kappa shape index (κ2) is 9.43. The lowest BCUT2D eigenvalue weighted by atomic mass is 9.66. The maximum Gasteiger partial charge on any atom is 0.317 e. The van der Waals surface area contributed by atoms with Gasteiger partial charge in [-0.15, -0.1) is 0 Å². The number of likely N-dealkylation sites (tertiary alicyclic amines) is 1. The molecule has 1 saturated heterocycles. The zero-order valence-corrected chi connectivity index (χ0v) is 18.0. The topological polar surface area (TPSA) is 78.9 Å². The molecule has 1 heterocycles. The second-order valence-corrected chi connectivity index (χ2v) is 8.67. The first-order valence-corrected chi connectivity index (χ1v) is 10.9. The lowest BCUT2D eigenvalue weighted by Crippen LogP contribution is -2.49. The highest BCUT2D eigenvalue weighted by molar-refractivity contribution is 5.99. The van der Waals surface area contributed by atoms with Crippen LogP contribution in [0.4, 0.5) is 18.0 Å². The molecule has 0 radical (unpaired) electrons. The van der Waals surface area contributed by atoms with Gasteiger partial charge < -0.3 is 20.1 Å². The number of aliphatic hydroxyl groups is 1. The zero-order valence-electron chi connectivity index (χ0n) is 18.0. The van der Waals surface area contributed by atoms with E-state index in [2.05, 4.69) is 5.32 Å².